The van der Waals surface area contributed by atoms with Gasteiger partial charge in [-0.05, 0) is 37.0 Å². The van der Waals surface area contributed by atoms with Gasteiger partial charge in [-0.1, -0.05) is 12.1 Å². The van der Waals surface area contributed by atoms with E-state index in [1.165, 1.54) is 12.1 Å². The van der Waals surface area contributed by atoms with Crippen molar-refractivity contribution in [3.8, 4) is 0 Å². The number of rotatable bonds is 3. The second kappa shape index (κ2) is 6.12. The van der Waals surface area contributed by atoms with Gasteiger partial charge in [0.15, 0.2) is 0 Å². The lowest BCUT2D eigenvalue weighted by atomic mass is 9.98. The highest BCUT2D eigenvalue weighted by atomic mass is 19.1. The molecule has 1 amide bonds. The first kappa shape index (κ1) is 14.5. The summed E-state index contributed by atoms with van der Waals surface area (Å²) in [5.74, 6) is -0.224. The average Bonchev–Trinajstić information content (AvgIpc) is 2.91. The van der Waals surface area contributed by atoms with Crippen LogP contribution in [0.3, 0.4) is 0 Å². The number of nitrogens with zero attached hydrogens (tertiary/aromatic N) is 1. The summed E-state index contributed by atoms with van der Waals surface area (Å²) in [6.45, 7) is 1.78. The molecule has 0 aromatic heterocycles. The van der Waals surface area contributed by atoms with Gasteiger partial charge < -0.3 is 10.1 Å². The molecule has 1 aromatic carbocycles. The van der Waals surface area contributed by atoms with E-state index in [2.05, 4.69) is 10.2 Å². The van der Waals surface area contributed by atoms with Crippen LogP contribution in [0.5, 0.6) is 0 Å². The molecular formula is C16H21FN2O2. The Morgan fingerprint density at radius 2 is 2.10 bits per heavy atom. The quantitative estimate of drug-likeness (QED) is 0.922. The molecule has 2 aliphatic rings. The average molecular weight is 292 g/mol. The molecule has 2 heterocycles. The minimum absolute atomic E-state index is 0.0227. The van der Waals surface area contributed by atoms with Gasteiger partial charge in [0.2, 0.25) is 5.91 Å². The zero-order valence-electron chi connectivity index (χ0n) is 12.2. The fourth-order valence-corrected chi connectivity index (χ4v) is 3.39. The number of benzene rings is 1. The molecule has 4 nitrogen and oxygen atoms in total. The highest BCUT2D eigenvalue weighted by molar-refractivity contribution is 5.80. The standard InChI is InChI=1S/C16H21FN2O2/c1-18-16(20)15-7-6-13-14(21-15)8-9-19(13)10-11-2-4-12(17)5-3-11/h2-5,13-15H,6-10H2,1H3,(H,18,20)/t13-,14-,15-/m0/s1. The molecule has 3 rings (SSSR count). The lowest BCUT2D eigenvalue weighted by molar-refractivity contribution is -0.143. The van der Waals surface area contributed by atoms with Crippen LogP contribution in [0.2, 0.25) is 0 Å². The van der Waals surface area contributed by atoms with Gasteiger partial charge >= 0.3 is 0 Å². The molecular weight excluding hydrogens is 271 g/mol. The minimum Gasteiger partial charge on any atom is -0.363 e. The molecule has 0 bridgehead atoms. The van der Waals surface area contributed by atoms with Gasteiger partial charge in [-0.2, -0.15) is 0 Å². The predicted octanol–water partition coefficient (Wildman–Crippen LogP) is 1.69. The van der Waals surface area contributed by atoms with Crippen LogP contribution in [0.4, 0.5) is 4.39 Å². The van der Waals surface area contributed by atoms with Crippen molar-refractivity contribution in [2.75, 3.05) is 13.6 Å². The lowest BCUT2D eigenvalue weighted by Gasteiger charge is -2.35. The summed E-state index contributed by atoms with van der Waals surface area (Å²) in [5, 5.41) is 2.66. The van der Waals surface area contributed by atoms with Crippen molar-refractivity contribution in [3.63, 3.8) is 0 Å². The third-order valence-electron chi connectivity index (χ3n) is 4.50. The Bertz CT molecular complexity index is 506. The largest absolute Gasteiger partial charge is 0.363 e. The molecule has 0 spiro atoms. The number of nitrogens with one attached hydrogen (secondary N) is 1. The lowest BCUT2D eigenvalue weighted by Crippen LogP contribution is -2.47. The van der Waals surface area contributed by atoms with Gasteiger partial charge in [0, 0.05) is 26.2 Å². The molecule has 0 saturated carbocycles. The van der Waals surface area contributed by atoms with E-state index in [-0.39, 0.29) is 23.9 Å². The summed E-state index contributed by atoms with van der Waals surface area (Å²) in [5.41, 5.74) is 1.12. The molecule has 114 valence electrons. The SMILES string of the molecule is CNC(=O)[C@@H]1CC[C@H]2[C@H](CCN2Cc2ccc(F)cc2)O1. The summed E-state index contributed by atoms with van der Waals surface area (Å²) in [4.78, 5) is 14.1. The van der Waals surface area contributed by atoms with E-state index in [0.29, 0.717) is 6.04 Å². The van der Waals surface area contributed by atoms with Crippen molar-refractivity contribution in [2.45, 2.75) is 44.1 Å². The molecule has 21 heavy (non-hydrogen) atoms. The van der Waals surface area contributed by atoms with Crippen LogP contribution >= 0.6 is 0 Å². The Labute approximate surface area is 124 Å². The van der Waals surface area contributed by atoms with Crippen molar-refractivity contribution in [1.29, 1.82) is 0 Å². The smallest absolute Gasteiger partial charge is 0.248 e. The number of halogens is 1. The molecule has 2 aliphatic heterocycles. The van der Waals surface area contributed by atoms with Crippen LogP contribution in [-0.4, -0.2) is 42.6 Å². The van der Waals surface area contributed by atoms with Gasteiger partial charge in [0.05, 0.1) is 6.10 Å². The Balaban J connectivity index is 1.61. The Morgan fingerprint density at radius 3 is 2.81 bits per heavy atom. The van der Waals surface area contributed by atoms with Gasteiger partial charge in [0.1, 0.15) is 11.9 Å². The topological polar surface area (TPSA) is 41.6 Å². The van der Waals surface area contributed by atoms with Crippen molar-refractivity contribution >= 4 is 5.91 Å². The summed E-state index contributed by atoms with van der Waals surface area (Å²) in [6, 6.07) is 7.04. The highest BCUT2D eigenvalue weighted by Gasteiger charge is 2.41. The van der Waals surface area contributed by atoms with Gasteiger partial charge in [-0.15, -0.1) is 0 Å². The molecule has 0 aliphatic carbocycles. The fourth-order valence-electron chi connectivity index (χ4n) is 3.39. The van der Waals surface area contributed by atoms with Crippen LogP contribution in [0, 0.1) is 5.82 Å². The second-order valence-electron chi connectivity index (χ2n) is 5.81. The first-order chi connectivity index (χ1) is 10.2. The summed E-state index contributed by atoms with van der Waals surface area (Å²) in [6.07, 6.45) is 2.54. The molecule has 5 heteroatoms. The van der Waals surface area contributed by atoms with E-state index >= 15 is 0 Å². The number of hydrogen-bond acceptors (Lipinski definition) is 3. The highest BCUT2D eigenvalue weighted by Crippen LogP contribution is 2.32. The van der Waals surface area contributed by atoms with Crippen molar-refractivity contribution in [1.82, 2.24) is 10.2 Å². The van der Waals surface area contributed by atoms with E-state index in [1.807, 2.05) is 12.1 Å². The van der Waals surface area contributed by atoms with E-state index in [0.717, 1.165) is 37.9 Å². The summed E-state index contributed by atoms with van der Waals surface area (Å²) < 4.78 is 18.9. The van der Waals surface area contributed by atoms with Crippen LogP contribution in [0.25, 0.3) is 0 Å². The van der Waals surface area contributed by atoms with Gasteiger partial charge in [-0.25, -0.2) is 4.39 Å². The van der Waals surface area contributed by atoms with Crippen LogP contribution in [0.1, 0.15) is 24.8 Å². The van der Waals surface area contributed by atoms with E-state index in [9.17, 15) is 9.18 Å². The first-order valence-electron chi connectivity index (χ1n) is 7.53. The van der Waals surface area contributed by atoms with E-state index < -0.39 is 0 Å². The third kappa shape index (κ3) is 3.09. The van der Waals surface area contributed by atoms with Crippen molar-refractivity contribution < 1.29 is 13.9 Å². The van der Waals surface area contributed by atoms with Crippen molar-refractivity contribution in [3.05, 3.63) is 35.6 Å². The minimum atomic E-state index is -0.304. The second-order valence-corrected chi connectivity index (χ2v) is 5.81. The molecule has 3 atom stereocenters. The maximum atomic E-state index is 12.9. The van der Waals surface area contributed by atoms with E-state index in [1.54, 1.807) is 7.05 Å². The summed E-state index contributed by atoms with van der Waals surface area (Å²) >= 11 is 0. The number of fused-ring (bicyclic) bond motifs is 1. The molecule has 0 unspecified atom stereocenters. The number of amides is 1. The maximum Gasteiger partial charge on any atom is 0.248 e. The first-order valence-corrected chi connectivity index (χ1v) is 7.53. The zero-order valence-corrected chi connectivity index (χ0v) is 12.2. The number of carbonyl (C=O) groups is 1. The molecule has 1 N–H and O–H groups in total. The molecule has 2 saturated heterocycles. The van der Waals surface area contributed by atoms with Crippen LogP contribution in [-0.2, 0) is 16.1 Å². The summed E-state index contributed by atoms with van der Waals surface area (Å²) in [7, 11) is 1.65. The normalized spacial score (nSPS) is 29.1. The molecule has 1 aromatic rings. The Hall–Kier alpha value is -1.46. The van der Waals surface area contributed by atoms with Crippen molar-refractivity contribution in [2.24, 2.45) is 0 Å². The van der Waals surface area contributed by atoms with Gasteiger partial charge in [-0.3, -0.25) is 9.69 Å². The maximum absolute atomic E-state index is 12.9. The number of hydrogen-bond donors (Lipinski definition) is 1. The van der Waals surface area contributed by atoms with Crippen LogP contribution in [0.15, 0.2) is 24.3 Å². The van der Waals surface area contributed by atoms with Gasteiger partial charge in [0.25, 0.3) is 0 Å². The number of carbonyl (C=O) groups excluding carboxylic acids is 1. The zero-order chi connectivity index (χ0) is 14.8. The fraction of sp³-hybridized carbons (Fsp3) is 0.562. The third-order valence-corrected chi connectivity index (χ3v) is 4.50. The predicted molar refractivity (Wildman–Crippen MR) is 77.2 cm³/mol. The number of ether oxygens (including phenoxy) is 1. The number of likely N-dealkylation sites (tertiary alicyclic amines) is 1. The Morgan fingerprint density at radius 1 is 1.33 bits per heavy atom. The van der Waals surface area contributed by atoms with E-state index in [4.69, 9.17) is 4.74 Å². The monoisotopic (exact) mass is 292 g/mol. The van der Waals surface area contributed by atoms with Crippen LogP contribution < -0.4 is 5.32 Å². The molecule has 2 fully saturated rings. The number of likely N-dealkylation sites (N-methyl/N-ethyl adjacent to an activating group) is 1. The Kier molecular flexibility index (Phi) is 4.22. The molecule has 0 radical (unpaired) electrons.